The van der Waals surface area contributed by atoms with Gasteiger partial charge in [0.2, 0.25) is 0 Å². The number of anilines is 2. The minimum atomic E-state index is -1.13. The Morgan fingerprint density at radius 1 is 0.804 bits per heavy atom. The highest BCUT2D eigenvalue weighted by atomic mass is 127. The van der Waals surface area contributed by atoms with Crippen LogP contribution in [0.1, 0.15) is 59.9 Å². The number of alkyl halides is 2. The molecule has 1 N–H and O–H groups in total. The van der Waals surface area contributed by atoms with Gasteiger partial charge in [0.05, 0.1) is 0 Å². The number of carbonyl (C=O) groups excluding carboxylic acids is 4. The van der Waals surface area contributed by atoms with Crippen LogP contribution in [0.5, 0.6) is 5.75 Å². The molecular weight excluding hydrogens is 820 g/mol. The lowest BCUT2D eigenvalue weighted by molar-refractivity contribution is -0.158. The van der Waals surface area contributed by atoms with Crippen molar-refractivity contribution in [2.75, 3.05) is 38.8 Å². The van der Waals surface area contributed by atoms with E-state index < -0.39 is 41.4 Å². The molecule has 254 valence electrons. The Kier molecular flexibility index (Phi) is 15.8. The van der Waals surface area contributed by atoms with Crippen LogP contribution in [-0.4, -0.2) is 70.4 Å². The standard InChI is InChI=1S/C33H45I2N3O8/c1-32(2,3)45-28(39)17-16-27(29(40)46-33(4,5)6)36-30(41)44-26-14-8-23(9-15-26)22-43-31(42)37(7)24-10-12-25(13-11-24)38(20-18-34)21-19-35/h8-15,27H,16-22H2,1-7H3,(H,36,41)/t27-/m0/s1. The van der Waals surface area contributed by atoms with E-state index in [0.29, 0.717) is 11.3 Å². The third-order valence-corrected chi connectivity index (χ3v) is 7.09. The predicted octanol–water partition coefficient (Wildman–Crippen LogP) is 7.06. The quantitative estimate of drug-likeness (QED) is 0.0921. The molecule has 11 nitrogen and oxygen atoms in total. The summed E-state index contributed by atoms with van der Waals surface area (Å²) in [5, 5.41) is 2.49. The van der Waals surface area contributed by atoms with Crippen LogP contribution in [0.15, 0.2) is 48.5 Å². The van der Waals surface area contributed by atoms with E-state index in [-0.39, 0.29) is 25.2 Å². The van der Waals surface area contributed by atoms with Gasteiger partial charge in [-0.2, -0.15) is 0 Å². The van der Waals surface area contributed by atoms with Gasteiger partial charge >= 0.3 is 24.1 Å². The lowest BCUT2D eigenvalue weighted by Crippen LogP contribution is -2.45. The van der Waals surface area contributed by atoms with E-state index in [1.807, 2.05) is 24.3 Å². The largest absolute Gasteiger partial charge is 0.460 e. The molecule has 0 aromatic heterocycles. The van der Waals surface area contributed by atoms with Gasteiger partial charge in [-0.3, -0.25) is 9.69 Å². The molecule has 0 bridgehead atoms. The summed E-state index contributed by atoms with van der Waals surface area (Å²) in [6.45, 7) is 12.3. The number of nitrogens with one attached hydrogen (secondary N) is 1. The molecule has 13 heteroatoms. The monoisotopic (exact) mass is 865 g/mol. The van der Waals surface area contributed by atoms with E-state index in [4.69, 9.17) is 18.9 Å². The first-order valence-electron chi connectivity index (χ1n) is 14.9. The summed E-state index contributed by atoms with van der Waals surface area (Å²) in [5.41, 5.74) is 1.03. The number of rotatable bonds is 14. The highest BCUT2D eigenvalue weighted by Gasteiger charge is 2.29. The fourth-order valence-corrected chi connectivity index (χ4v) is 5.18. The van der Waals surface area contributed by atoms with Crippen molar-refractivity contribution in [1.82, 2.24) is 5.32 Å². The average molecular weight is 866 g/mol. The van der Waals surface area contributed by atoms with E-state index in [9.17, 15) is 19.2 Å². The molecule has 0 saturated carbocycles. The Morgan fingerprint density at radius 2 is 1.35 bits per heavy atom. The maximum absolute atomic E-state index is 12.8. The smallest absolute Gasteiger partial charge is 0.414 e. The molecule has 0 unspecified atom stereocenters. The lowest BCUT2D eigenvalue weighted by Gasteiger charge is -2.25. The van der Waals surface area contributed by atoms with Gasteiger partial charge in [-0.25, -0.2) is 14.4 Å². The van der Waals surface area contributed by atoms with Crippen LogP contribution in [0, 0.1) is 0 Å². The SMILES string of the molecule is CN(C(=O)OCc1ccc(OC(=O)N[C@@H](CCC(=O)OC(C)(C)C)C(=O)OC(C)(C)C)cc1)c1ccc(N(CCI)CCI)cc1. The van der Waals surface area contributed by atoms with Gasteiger partial charge < -0.3 is 29.2 Å². The third kappa shape index (κ3) is 14.7. The summed E-state index contributed by atoms with van der Waals surface area (Å²) >= 11 is 4.73. The number of benzene rings is 2. The van der Waals surface area contributed by atoms with Crippen LogP contribution in [0.25, 0.3) is 0 Å². The Bertz CT molecular complexity index is 1290. The normalized spacial score (nSPS) is 12.0. The number of ether oxygens (including phenoxy) is 4. The fraction of sp³-hybridized carbons (Fsp3) is 0.515. The lowest BCUT2D eigenvalue weighted by atomic mass is 10.1. The molecule has 2 rings (SSSR count). The van der Waals surface area contributed by atoms with E-state index in [0.717, 1.165) is 27.6 Å². The van der Waals surface area contributed by atoms with Crippen LogP contribution < -0.4 is 19.9 Å². The molecule has 0 aliphatic carbocycles. The minimum Gasteiger partial charge on any atom is -0.460 e. The van der Waals surface area contributed by atoms with Gasteiger partial charge in [0.15, 0.2) is 0 Å². The molecule has 0 aliphatic heterocycles. The Morgan fingerprint density at radius 3 is 1.87 bits per heavy atom. The average Bonchev–Trinajstić information content (AvgIpc) is 2.96. The fourth-order valence-electron chi connectivity index (χ4n) is 4.02. The second-order valence-electron chi connectivity index (χ2n) is 12.4. The summed E-state index contributed by atoms with van der Waals surface area (Å²) in [6.07, 6.45) is -1.54. The molecule has 0 radical (unpaired) electrons. The van der Waals surface area contributed by atoms with Crippen molar-refractivity contribution >= 4 is 80.7 Å². The zero-order valence-corrected chi connectivity index (χ0v) is 31.9. The number of esters is 2. The highest BCUT2D eigenvalue weighted by Crippen LogP contribution is 2.22. The molecule has 2 aromatic rings. The van der Waals surface area contributed by atoms with Crippen LogP contribution >= 0.6 is 45.2 Å². The Balaban J connectivity index is 1.94. The molecule has 0 fully saturated rings. The first kappa shape index (κ1) is 39.4. The topological polar surface area (TPSA) is 124 Å². The van der Waals surface area contributed by atoms with Crippen molar-refractivity contribution in [3.8, 4) is 5.75 Å². The van der Waals surface area contributed by atoms with Crippen molar-refractivity contribution in [2.45, 2.75) is 78.2 Å². The zero-order valence-electron chi connectivity index (χ0n) is 27.6. The van der Waals surface area contributed by atoms with Gasteiger partial charge in [-0.1, -0.05) is 57.3 Å². The van der Waals surface area contributed by atoms with Crippen LogP contribution in [-0.2, 0) is 30.4 Å². The molecule has 0 spiro atoms. The van der Waals surface area contributed by atoms with Crippen LogP contribution in [0.4, 0.5) is 21.0 Å². The maximum Gasteiger partial charge on any atom is 0.414 e. The van der Waals surface area contributed by atoms with Crippen molar-refractivity contribution in [3.05, 3.63) is 54.1 Å². The van der Waals surface area contributed by atoms with E-state index in [1.54, 1.807) is 72.9 Å². The summed E-state index contributed by atoms with van der Waals surface area (Å²) < 4.78 is 23.6. The van der Waals surface area contributed by atoms with Crippen molar-refractivity contribution in [2.24, 2.45) is 0 Å². The summed E-state index contributed by atoms with van der Waals surface area (Å²) in [5.74, 6) is -0.989. The number of halogens is 2. The predicted molar refractivity (Wildman–Crippen MR) is 195 cm³/mol. The molecule has 2 aromatic carbocycles. The number of carbonyl (C=O) groups is 4. The van der Waals surface area contributed by atoms with Crippen molar-refractivity contribution < 1.29 is 38.1 Å². The summed E-state index contributed by atoms with van der Waals surface area (Å²) in [6, 6.07) is 13.1. The summed E-state index contributed by atoms with van der Waals surface area (Å²) in [7, 11) is 1.65. The number of hydrogen-bond donors (Lipinski definition) is 1. The molecule has 0 aliphatic rings. The van der Waals surface area contributed by atoms with Gasteiger partial charge in [-0.15, -0.1) is 0 Å². The van der Waals surface area contributed by atoms with E-state index in [1.165, 1.54) is 4.90 Å². The molecule has 1 atom stereocenters. The molecule has 2 amide bonds. The first-order valence-corrected chi connectivity index (χ1v) is 18.0. The number of amides is 2. The maximum atomic E-state index is 12.8. The van der Waals surface area contributed by atoms with Gasteiger partial charge in [-0.05, 0) is 89.9 Å². The van der Waals surface area contributed by atoms with Crippen molar-refractivity contribution in [3.63, 3.8) is 0 Å². The van der Waals surface area contributed by atoms with Crippen LogP contribution in [0.2, 0.25) is 0 Å². The van der Waals surface area contributed by atoms with Crippen LogP contribution in [0.3, 0.4) is 0 Å². The van der Waals surface area contributed by atoms with Crippen molar-refractivity contribution in [1.29, 1.82) is 0 Å². The number of nitrogens with zero attached hydrogens (tertiary/aromatic N) is 2. The molecule has 0 saturated heterocycles. The highest BCUT2D eigenvalue weighted by molar-refractivity contribution is 14.1. The molecule has 46 heavy (non-hydrogen) atoms. The Hall–Kier alpha value is -2.82. The van der Waals surface area contributed by atoms with Gasteiger partial charge in [0.1, 0.15) is 29.6 Å². The van der Waals surface area contributed by atoms with E-state index in [2.05, 4.69) is 55.4 Å². The Labute approximate surface area is 299 Å². The van der Waals surface area contributed by atoms with Gasteiger partial charge in [0, 0.05) is 46.8 Å². The minimum absolute atomic E-state index is 0.0121. The second-order valence-corrected chi connectivity index (χ2v) is 14.5. The molecular formula is C33H45I2N3O8. The summed E-state index contributed by atoms with van der Waals surface area (Å²) in [4.78, 5) is 54.1. The van der Waals surface area contributed by atoms with Gasteiger partial charge in [0.25, 0.3) is 0 Å². The number of hydrogen-bond acceptors (Lipinski definition) is 9. The molecule has 0 heterocycles. The zero-order chi connectivity index (χ0) is 34.5. The first-order chi connectivity index (χ1) is 21.5. The third-order valence-electron chi connectivity index (χ3n) is 6.12. The van der Waals surface area contributed by atoms with E-state index >= 15 is 0 Å². The second kappa shape index (κ2) is 18.5.